The van der Waals surface area contributed by atoms with Crippen molar-refractivity contribution in [2.45, 2.75) is 13.0 Å². The highest BCUT2D eigenvalue weighted by Crippen LogP contribution is 2.21. The minimum Gasteiger partial charge on any atom is -0.350 e. The Balaban J connectivity index is 2.12. The summed E-state index contributed by atoms with van der Waals surface area (Å²) >= 11 is 7.26. The highest BCUT2D eigenvalue weighted by atomic mass is 35.5. The van der Waals surface area contributed by atoms with Gasteiger partial charge in [0.1, 0.15) is 0 Å². The predicted molar refractivity (Wildman–Crippen MR) is 83.4 cm³/mol. The van der Waals surface area contributed by atoms with Crippen LogP contribution in [0, 0.1) is 11.8 Å². The van der Waals surface area contributed by atoms with Crippen LogP contribution in [-0.4, -0.2) is 16.3 Å². The molecule has 6 heteroatoms. The number of nitrogens with zero attached hydrogens (tertiary/aromatic N) is 1. The van der Waals surface area contributed by atoms with E-state index in [-0.39, 0.29) is 0 Å². The molecule has 0 bridgehead atoms. The van der Waals surface area contributed by atoms with Crippen LogP contribution in [0.2, 0.25) is 4.34 Å². The van der Waals surface area contributed by atoms with E-state index in [1.165, 1.54) is 11.3 Å². The fourth-order valence-electron chi connectivity index (χ4n) is 1.69. The summed E-state index contributed by atoms with van der Waals surface area (Å²) in [4.78, 5) is 11.8. The van der Waals surface area contributed by atoms with Gasteiger partial charge in [0.05, 0.1) is 15.3 Å². The number of hydrogen-bond donors (Lipinski definition) is 2. The number of rotatable bonds is 2. The van der Waals surface area contributed by atoms with Crippen molar-refractivity contribution in [2.75, 3.05) is 0 Å². The molecule has 0 spiro atoms. The Labute approximate surface area is 131 Å². The van der Waals surface area contributed by atoms with Crippen LogP contribution in [0.25, 0.3) is 0 Å². The summed E-state index contributed by atoms with van der Waals surface area (Å²) in [5.41, 5.74) is 6.62. The van der Waals surface area contributed by atoms with Gasteiger partial charge in [-0.3, -0.25) is 5.21 Å². The van der Waals surface area contributed by atoms with E-state index in [0.717, 1.165) is 16.0 Å². The predicted octanol–water partition coefficient (Wildman–Crippen LogP) is 3.63. The summed E-state index contributed by atoms with van der Waals surface area (Å²) in [5.74, 6) is 6.05. The second kappa shape index (κ2) is 6.64. The van der Waals surface area contributed by atoms with E-state index in [4.69, 9.17) is 17.3 Å². The van der Waals surface area contributed by atoms with Crippen LogP contribution >= 0.6 is 22.9 Å². The molecule has 2 aromatic rings. The maximum absolute atomic E-state index is 10.9. The summed E-state index contributed by atoms with van der Waals surface area (Å²) in [7, 11) is 0. The lowest BCUT2D eigenvalue weighted by Crippen LogP contribution is -2.34. The molecule has 0 radical (unpaired) electrons. The molecule has 0 aliphatic heterocycles. The average molecular weight is 321 g/mol. The van der Waals surface area contributed by atoms with Gasteiger partial charge in [0.2, 0.25) is 0 Å². The van der Waals surface area contributed by atoms with Crippen LogP contribution in [0.3, 0.4) is 0 Å². The van der Waals surface area contributed by atoms with Crippen molar-refractivity contribution in [3.8, 4) is 11.8 Å². The first kappa shape index (κ1) is 15.4. The highest BCUT2D eigenvalue weighted by Gasteiger charge is 2.16. The number of halogens is 1. The van der Waals surface area contributed by atoms with Gasteiger partial charge < -0.3 is 5.73 Å². The Kier molecular flexibility index (Phi) is 4.86. The molecule has 1 unspecified atom stereocenters. The molecule has 1 atom stereocenters. The Morgan fingerprint density at radius 2 is 1.95 bits per heavy atom. The first-order valence-electron chi connectivity index (χ1n) is 6.12. The van der Waals surface area contributed by atoms with Gasteiger partial charge in [-0.1, -0.05) is 35.6 Å². The topological polar surface area (TPSA) is 66.6 Å². The SMILES string of the molecule is CC(c1ccc(C#Cc2ccc(Cl)s2)cc1)N(O)C(N)=O. The van der Waals surface area contributed by atoms with Crippen LogP contribution in [0.5, 0.6) is 0 Å². The van der Waals surface area contributed by atoms with E-state index in [9.17, 15) is 10.0 Å². The van der Waals surface area contributed by atoms with Crippen LogP contribution in [0.15, 0.2) is 36.4 Å². The lowest BCUT2D eigenvalue weighted by Gasteiger charge is -2.20. The van der Waals surface area contributed by atoms with Crippen molar-refractivity contribution in [2.24, 2.45) is 5.73 Å². The lowest BCUT2D eigenvalue weighted by atomic mass is 10.1. The van der Waals surface area contributed by atoms with Crippen molar-refractivity contribution in [1.29, 1.82) is 0 Å². The van der Waals surface area contributed by atoms with Crippen molar-refractivity contribution in [3.05, 3.63) is 56.7 Å². The van der Waals surface area contributed by atoms with E-state index in [0.29, 0.717) is 9.40 Å². The molecule has 1 aromatic carbocycles. The summed E-state index contributed by atoms with van der Waals surface area (Å²) in [5, 5.41) is 9.99. The largest absolute Gasteiger partial charge is 0.350 e. The van der Waals surface area contributed by atoms with Crippen LogP contribution < -0.4 is 5.73 Å². The molecule has 1 heterocycles. The standard InChI is InChI=1S/C15H13ClN2O2S/c1-10(18(20)15(17)19)12-5-2-11(3-6-12)4-7-13-8-9-14(16)21-13/h2-3,5-6,8-10,20H,1H3,(H2,17,19). The Hall–Kier alpha value is -2.00. The molecule has 3 N–H and O–H groups in total. The minimum atomic E-state index is -0.888. The number of primary amides is 1. The van der Waals surface area contributed by atoms with E-state index >= 15 is 0 Å². The van der Waals surface area contributed by atoms with Gasteiger partial charge in [0.15, 0.2) is 0 Å². The molecule has 21 heavy (non-hydrogen) atoms. The van der Waals surface area contributed by atoms with E-state index in [1.54, 1.807) is 25.1 Å². The third kappa shape index (κ3) is 3.99. The van der Waals surface area contributed by atoms with Crippen LogP contribution in [0.1, 0.15) is 29.0 Å². The molecule has 4 nitrogen and oxygen atoms in total. The quantitative estimate of drug-likeness (QED) is 0.504. The summed E-state index contributed by atoms with van der Waals surface area (Å²) in [6, 6.07) is 9.51. The maximum atomic E-state index is 10.9. The van der Waals surface area contributed by atoms with Crippen molar-refractivity contribution in [3.63, 3.8) is 0 Å². The number of thiophene rings is 1. The highest BCUT2D eigenvalue weighted by molar-refractivity contribution is 7.16. The number of carbonyl (C=O) groups is 1. The zero-order chi connectivity index (χ0) is 15.4. The molecular formula is C15H13ClN2O2S. The van der Waals surface area contributed by atoms with Gasteiger partial charge in [0.25, 0.3) is 0 Å². The molecule has 0 fully saturated rings. The van der Waals surface area contributed by atoms with Crippen molar-refractivity contribution >= 4 is 29.0 Å². The summed E-state index contributed by atoms with van der Waals surface area (Å²) in [6.45, 7) is 1.68. The molecule has 0 aliphatic rings. The number of amides is 2. The smallest absolute Gasteiger partial charge is 0.339 e. The zero-order valence-corrected chi connectivity index (χ0v) is 12.8. The second-order valence-corrected chi connectivity index (χ2v) is 6.05. The molecular weight excluding hydrogens is 308 g/mol. The van der Waals surface area contributed by atoms with Gasteiger partial charge in [0, 0.05) is 5.56 Å². The van der Waals surface area contributed by atoms with Crippen LogP contribution in [0.4, 0.5) is 4.79 Å². The van der Waals surface area contributed by atoms with Crippen LogP contribution in [-0.2, 0) is 0 Å². The minimum absolute atomic E-state index is 0.494. The monoisotopic (exact) mass is 320 g/mol. The molecule has 2 rings (SSSR count). The summed E-state index contributed by atoms with van der Waals surface area (Å²) in [6.07, 6.45) is 0. The third-order valence-corrected chi connectivity index (χ3v) is 4.04. The number of benzene rings is 1. The normalized spacial score (nSPS) is 11.4. The van der Waals surface area contributed by atoms with Crippen molar-refractivity contribution in [1.82, 2.24) is 5.06 Å². The van der Waals surface area contributed by atoms with E-state index < -0.39 is 12.1 Å². The Morgan fingerprint density at radius 3 is 2.48 bits per heavy atom. The number of hydrogen-bond acceptors (Lipinski definition) is 3. The van der Waals surface area contributed by atoms with Gasteiger partial charge in [-0.15, -0.1) is 11.3 Å². The number of urea groups is 1. The average Bonchev–Trinajstić information content (AvgIpc) is 2.89. The number of carbonyl (C=O) groups excluding carboxylic acids is 1. The number of hydroxylamine groups is 2. The van der Waals surface area contributed by atoms with Crippen molar-refractivity contribution < 1.29 is 10.0 Å². The zero-order valence-electron chi connectivity index (χ0n) is 11.2. The van der Waals surface area contributed by atoms with Gasteiger partial charge in [-0.2, -0.15) is 5.06 Å². The third-order valence-electron chi connectivity index (χ3n) is 2.89. The van der Waals surface area contributed by atoms with E-state index in [1.807, 2.05) is 18.2 Å². The molecule has 0 aliphatic carbocycles. The maximum Gasteiger partial charge on any atom is 0.339 e. The summed E-state index contributed by atoms with van der Waals surface area (Å²) < 4.78 is 0.706. The number of nitrogens with two attached hydrogens (primary N) is 1. The Morgan fingerprint density at radius 1 is 1.29 bits per heavy atom. The van der Waals surface area contributed by atoms with Gasteiger partial charge in [-0.25, -0.2) is 4.79 Å². The molecule has 1 aromatic heterocycles. The first-order chi connectivity index (χ1) is 9.97. The molecule has 0 saturated carbocycles. The Bertz CT molecular complexity index is 700. The lowest BCUT2D eigenvalue weighted by molar-refractivity contribution is -0.0709. The van der Waals surface area contributed by atoms with Gasteiger partial charge in [-0.05, 0) is 36.8 Å². The molecule has 108 valence electrons. The van der Waals surface area contributed by atoms with Gasteiger partial charge >= 0.3 is 6.03 Å². The molecule has 2 amide bonds. The fraction of sp³-hybridized carbons (Fsp3) is 0.133. The van der Waals surface area contributed by atoms with E-state index in [2.05, 4.69) is 11.8 Å². The molecule has 0 saturated heterocycles. The fourth-order valence-corrected chi connectivity index (χ4v) is 2.59. The first-order valence-corrected chi connectivity index (χ1v) is 7.31. The second-order valence-electron chi connectivity index (χ2n) is 4.33.